The molecule has 0 saturated carbocycles. The molecule has 0 aliphatic carbocycles. The Morgan fingerprint density at radius 2 is 1.93 bits per heavy atom. The standard InChI is InChI=1S/C18H17F4N5/c1-2-23-9-15(11-5-6-12(13(19)8-11)18(20,21)22)27-17-16-14(25-10-26-17)4-3-7-24-16/h3-8,10,15,23H,2,9H2,1H3,(H,25,26,27). The molecule has 0 aliphatic heterocycles. The fourth-order valence-corrected chi connectivity index (χ4v) is 2.68. The van der Waals surface area contributed by atoms with Crippen LogP contribution < -0.4 is 10.6 Å². The van der Waals surface area contributed by atoms with E-state index in [9.17, 15) is 17.6 Å². The molecule has 0 saturated heterocycles. The second kappa shape index (κ2) is 7.83. The molecule has 0 bridgehead atoms. The number of hydrogen-bond acceptors (Lipinski definition) is 5. The number of alkyl halides is 3. The number of hydrogen-bond donors (Lipinski definition) is 2. The summed E-state index contributed by atoms with van der Waals surface area (Å²) in [6.45, 7) is 2.90. The lowest BCUT2D eigenvalue weighted by atomic mass is 10.0. The summed E-state index contributed by atoms with van der Waals surface area (Å²) in [6, 6.07) is 5.91. The quantitative estimate of drug-likeness (QED) is 0.635. The summed E-state index contributed by atoms with van der Waals surface area (Å²) in [5, 5.41) is 6.24. The van der Waals surface area contributed by atoms with Gasteiger partial charge < -0.3 is 10.6 Å². The molecule has 0 radical (unpaired) electrons. The number of halogens is 4. The van der Waals surface area contributed by atoms with Crippen molar-refractivity contribution >= 4 is 16.9 Å². The Balaban J connectivity index is 1.96. The first-order valence-corrected chi connectivity index (χ1v) is 8.29. The van der Waals surface area contributed by atoms with E-state index in [1.165, 1.54) is 12.4 Å². The molecule has 0 aliphatic rings. The maximum atomic E-state index is 14.0. The first-order chi connectivity index (χ1) is 12.9. The molecule has 3 rings (SSSR count). The molecule has 2 N–H and O–H groups in total. The summed E-state index contributed by atoms with van der Waals surface area (Å²) >= 11 is 0. The third-order valence-corrected chi connectivity index (χ3v) is 4.00. The van der Waals surface area contributed by atoms with Crippen molar-refractivity contribution in [1.29, 1.82) is 0 Å². The number of rotatable bonds is 6. The van der Waals surface area contributed by atoms with Gasteiger partial charge in [0.05, 0.1) is 17.1 Å². The minimum Gasteiger partial charge on any atom is -0.360 e. The van der Waals surface area contributed by atoms with E-state index in [1.54, 1.807) is 18.3 Å². The second-order valence-electron chi connectivity index (χ2n) is 5.84. The number of nitrogens with one attached hydrogen (secondary N) is 2. The van der Waals surface area contributed by atoms with Crippen molar-refractivity contribution in [3.8, 4) is 0 Å². The van der Waals surface area contributed by atoms with Crippen molar-refractivity contribution in [2.24, 2.45) is 0 Å². The van der Waals surface area contributed by atoms with Gasteiger partial charge in [-0.2, -0.15) is 13.2 Å². The van der Waals surface area contributed by atoms with Crippen LogP contribution in [0.1, 0.15) is 24.1 Å². The zero-order valence-corrected chi connectivity index (χ0v) is 14.4. The van der Waals surface area contributed by atoms with Crippen molar-refractivity contribution in [3.63, 3.8) is 0 Å². The van der Waals surface area contributed by atoms with Crippen molar-refractivity contribution in [2.45, 2.75) is 19.1 Å². The van der Waals surface area contributed by atoms with E-state index >= 15 is 0 Å². The van der Waals surface area contributed by atoms with E-state index in [-0.39, 0.29) is 0 Å². The molecule has 1 atom stereocenters. The van der Waals surface area contributed by atoms with Gasteiger partial charge in [-0.25, -0.2) is 14.4 Å². The van der Waals surface area contributed by atoms with E-state index in [4.69, 9.17) is 0 Å². The Bertz CT molecular complexity index is 924. The summed E-state index contributed by atoms with van der Waals surface area (Å²) in [6.07, 6.45) is -1.78. The number of fused-ring (bicyclic) bond motifs is 1. The maximum absolute atomic E-state index is 14.0. The van der Waals surface area contributed by atoms with Crippen LogP contribution in [0.15, 0.2) is 42.9 Å². The normalized spacial score (nSPS) is 12.9. The van der Waals surface area contributed by atoms with Crippen LogP contribution in [0, 0.1) is 5.82 Å². The summed E-state index contributed by atoms with van der Waals surface area (Å²) < 4.78 is 52.5. The summed E-state index contributed by atoms with van der Waals surface area (Å²) in [5.74, 6) is -0.891. The van der Waals surface area contributed by atoms with E-state index in [0.717, 1.165) is 12.1 Å². The van der Waals surface area contributed by atoms with Gasteiger partial charge >= 0.3 is 6.18 Å². The Hall–Kier alpha value is -2.81. The maximum Gasteiger partial charge on any atom is 0.419 e. The fourth-order valence-electron chi connectivity index (χ4n) is 2.68. The Morgan fingerprint density at radius 1 is 1.11 bits per heavy atom. The predicted molar refractivity (Wildman–Crippen MR) is 93.6 cm³/mol. The van der Waals surface area contributed by atoms with Gasteiger partial charge in [0.25, 0.3) is 0 Å². The molecule has 27 heavy (non-hydrogen) atoms. The average molecular weight is 379 g/mol. The molecule has 0 fully saturated rings. The van der Waals surface area contributed by atoms with Crippen LogP contribution in [0.4, 0.5) is 23.4 Å². The molecule has 142 valence electrons. The van der Waals surface area contributed by atoms with E-state index in [2.05, 4.69) is 25.6 Å². The van der Waals surface area contributed by atoms with Crippen molar-refractivity contribution in [3.05, 3.63) is 59.8 Å². The zero-order valence-electron chi connectivity index (χ0n) is 14.4. The molecule has 5 nitrogen and oxygen atoms in total. The predicted octanol–water partition coefficient (Wildman–Crippen LogP) is 3.95. The van der Waals surface area contributed by atoms with Crippen molar-refractivity contribution in [1.82, 2.24) is 20.3 Å². The third-order valence-electron chi connectivity index (χ3n) is 4.00. The average Bonchev–Trinajstić information content (AvgIpc) is 2.64. The SMILES string of the molecule is CCNCC(Nc1ncnc2cccnc12)c1ccc(C(F)(F)F)c(F)c1. The lowest BCUT2D eigenvalue weighted by molar-refractivity contribution is -0.140. The summed E-state index contributed by atoms with van der Waals surface area (Å²) in [4.78, 5) is 12.5. The van der Waals surface area contributed by atoms with E-state index < -0.39 is 23.6 Å². The van der Waals surface area contributed by atoms with Crippen LogP contribution in [-0.4, -0.2) is 28.0 Å². The van der Waals surface area contributed by atoms with Crippen LogP contribution in [0.3, 0.4) is 0 Å². The minimum absolute atomic E-state index is 0.361. The molecule has 2 aromatic heterocycles. The fraction of sp³-hybridized carbons (Fsp3) is 0.278. The highest BCUT2D eigenvalue weighted by Gasteiger charge is 2.34. The minimum atomic E-state index is -4.74. The summed E-state index contributed by atoms with van der Waals surface area (Å²) in [7, 11) is 0. The molecule has 0 amide bonds. The van der Waals surface area contributed by atoms with Crippen LogP contribution in [0.2, 0.25) is 0 Å². The number of aromatic nitrogens is 3. The molecule has 9 heteroatoms. The van der Waals surface area contributed by atoms with Crippen LogP contribution in [0.5, 0.6) is 0 Å². The molecule has 0 spiro atoms. The molecule has 1 unspecified atom stereocenters. The van der Waals surface area contributed by atoms with Gasteiger partial charge in [-0.05, 0) is 36.4 Å². The topological polar surface area (TPSA) is 62.7 Å². The Morgan fingerprint density at radius 3 is 2.63 bits per heavy atom. The lowest BCUT2D eigenvalue weighted by Gasteiger charge is -2.21. The highest BCUT2D eigenvalue weighted by Crippen LogP contribution is 2.33. The van der Waals surface area contributed by atoms with Gasteiger partial charge in [0, 0.05) is 12.7 Å². The summed E-state index contributed by atoms with van der Waals surface area (Å²) in [5.41, 5.74) is 0.219. The van der Waals surface area contributed by atoms with Gasteiger partial charge in [0.1, 0.15) is 17.7 Å². The monoisotopic (exact) mass is 379 g/mol. The van der Waals surface area contributed by atoms with E-state index in [1.807, 2.05) is 6.92 Å². The first kappa shape index (κ1) is 19.0. The lowest BCUT2D eigenvalue weighted by Crippen LogP contribution is -2.27. The van der Waals surface area contributed by atoms with Crippen LogP contribution in [-0.2, 0) is 6.18 Å². The largest absolute Gasteiger partial charge is 0.419 e. The first-order valence-electron chi connectivity index (χ1n) is 8.29. The van der Waals surface area contributed by atoms with Gasteiger partial charge in [0.2, 0.25) is 0 Å². The Labute approximate surface area is 152 Å². The van der Waals surface area contributed by atoms with Gasteiger partial charge in [0.15, 0.2) is 5.82 Å². The Kier molecular flexibility index (Phi) is 5.50. The smallest absolute Gasteiger partial charge is 0.360 e. The van der Waals surface area contributed by atoms with Crippen LogP contribution >= 0.6 is 0 Å². The van der Waals surface area contributed by atoms with Crippen molar-refractivity contribution in [2.75, 3.05) is 18.4 Å². The third kappa shape index (κ3) is 4.30. The number of benzene rings is 1. The number of anilines is 1. The zero-order chi connectivity index (χ0) is 19.4. The molecule has 1 aromatic carbocycles. The second-order valence-corrected chi connectivity index (χ2v) is 5.84. The van der Waals surface area contributed by atoms with Crippen molar-refractivity contribution < 1.29 is 17.6 Å². The van der Waals surface area contributed by atoms with E-state index in [0.29, 0.717) is 35.5 Å². The van der Waals surface area contributed by atoms with Gasteiger partial charge in [-0.3, -0.25) is 4.98 Å². The van der Waals surface area contributed by atoms with Gasteiger partial charge in [-0.1, -0.05) is 13.0 Å². The highest BCUT2D eigenvalue weighted by molar-refractivity contribution is 5.84. The molecular weight excluding hydrogens is 362 g/mol. The molecular formula is C18H17F4N5. The van der Waals surface area contributed by atoms with Crippen LogP contribution in [0.25, 0.3) is 11.0 Å². The molecule has 2 heterocycles. The number of likely N-dealkylation sites (N-methyl/N-ethyl adjacent to an activating group) is 1. The molecule has 3 aromatic rings. The highest BCUT2D eigenvalue weighted by atomic mass is 19.4. The number of nitrogens with zero attached hydrogens (tertiary/aromatic N) is 3. The van der Waals surface area contributed by atoms with Gasteiger partial charge in [-0.15, -0.1) is 0 Å². The number of pyridine rings is 1.